The predicted octanol–water partition coefficient (Wildman–Crippen LogP) is 3.66. The third-order valence-corrected chi connectivity index (χ3v) is 5.16. The Kier molecular flexibility index (Phi) is 6.21. The molecule has 0 bridgehead atoms. The number of methoxy groups -OCH3 is 2. The van der Waals surface area contributed by atoms with Crippen LogP contribution in [-0.4, -0.2) is 46.3 Å². The number of para-hydroxylation sites is 1. The first-order valence-corrected chi connectivity index (χ1v) is 10.2. The highest BCUT2D eigenvalue weighted by atomic mass is 16.5. The molecule has 0 spiro atoms. The van der Waals surface area contributed by atoms with Crippen molar-refractivity contribution >= 4 is 12.1 Å². The summed E-state index contributed by atoms with van der Waals surface area (Å²) in [5, 5.41) is 15.8. The summed E-state index contributed by atoms with van der Waals surface area (Å²) in [6.45, 7) is 3.90. The highest BCUT2D eigenvalue weighted by Crippen LogP contribution is 2.28. The SMILES string of the molecule is COc1ccc(/C=N/NC(=O)c2cc(-c3c(C)nn(-c4ccccc4)c3C)n[nH]2)cc1OC. The number of aromatic amines is 1. The van der Waals surface area contributed by atoms with Crippen molar-refractivity contribution in [1.29, 1.82) is 0 Å². The van der Waals surface area contributed by atoms with Crippen LogP contribution in [0.25, 0.3) is 16.9 Å². The highest BCUT2D eigenvalue weighted by Gasteiger charge is 2.18. The second-order valence-corrected chi connectivity index (χ2v) is 7.27. The van der Waals surface area contributed by atoms with E-state index in [1.54, 1.807) is 38.5 Å². The van der Waals surface area contributed by atoms with E-state index in [2.05, 4.69) is 25.8 Å². The minimum Gasteiger partial charge on any atom is -0.493 e. The highest BCUT2D eigenvalue weighted by molar-refractivity contribution is 5.94. The zero-order chi connectivity index (χ0) is 23.4. The molecule has 2 aromatic carbocycles. The van der Waals surface area contributed by atoms with Crippen LogP contribution < -0.4 is 14.9 Å². The fraction of sp³-hybridized carbons (Fsp3) is 0.167. The van der Waals surface area contributed by atoms with Crippen LogP contribution in [0.4, 0.5) is 0 Å². The molecule has 0 aliphatic carbocycles. The van der Waals surface area contributed by atoms with E-state index in [9.17, 15) is 4.79 Å². The molecular formula is C24H24N6O3. The van der Waals surface area contributed by atoms with Crippen LogP contribution in [0.1, 0.15) is 27.4 Å². The number of ether oxygens (including phenoxy) is 2. The molecule has 4 aromatic rings. The van der Waals surface area contributed by atoms with Crippen LogP contribution in [0.2, 0.25) is 0 Å². The molecule has 9 heteroatoms. The van der Waals surface area contributed by atoms with Crippen LogP contribution in [0, 0.1) is 13.8 Å². The third kappa shape index (κ3) is 4.47. The zero-order valence-corrected chi connectivity index (χ0v) is 18.8. The van der Waals surface area contributed by atoms with Gasteiger partial charge in [-0.25, -0.2) is 10.1 Å². The predicted molar refractivity (Wildman–Crippen MR) is 125 cm³/mol. The van der Waals surface area contributed by atoms with E-state index < -0.39 is 5.91 Å². The summed E-state index contributed by atoms with van der Waals surface area (Å²) in [6, 6.07) is 16.9. The van der Waals surface area contributed by atoms with Gasteiger partial charge in [-0.15, -0.1) is 0 Å². The molecule has 2 heterocycles. The van der Waals surface area contributed by atoms with Crippen LogP contribution in [0.5, 0.6) is 11.5 Å². The molecule has 0 radical (unpaired) electrons. The van der Waals surface area contributed by atoms with Gasteiger partial charge in [0.05, 0.1) is 43.2 Å². The maximum Gasteiger partial charge on any atom is 0.289 e. The Hall–Kier alpha value is -4.40. The van der Waals surface area contributed by atoms with Gasteiger partial charge in [0.25, 0.3) is 5.91 Å². The summed E-state index contributed by atoms with van der Waals surface area (Å²) >= 11 is 0. The second-order valence-electron chi connectivity index (χ2n) is 7.27. The number of hydrazone groups is 1. The Morgan fingerprint density at radius 3 is 2.55 bits per heavy atom. The maximum atomic E-state index is 12.5. The Labute approximate surface area is 191 Å². The molecular weight excluding hydrogens is 420 g/mol. The summed E-state index contributed by atoms with van der Waals surface area (Å²) in [5.41, 5.74) is 7.78. The van der Waals surface area contributed by atoms with Crippen molar-refractivity contribution < 1.29 is 14.3 Å². The largest absolute Gasteiger partial charge is 0.493 e. The average molecular weight is 444 g/mol. The van der Waals surface area contributed by atoms with Crippen molar-refractivity contribution in [2.45, 2.75) is 13.8 Å². The molecule has 1 amide bonds. The van der Waals surface area contributed by atoms with E-state index in [-0.39, 0.29) is 0 Å². The fourth-order valence-corrected chi connectivity index (χ4v) is 3.56. The second kappa shape index (κ2) is 9.39. The molecule has 0 saturated carbocycles. The molecule has 0 saturated heterocycles. The number of carbonyl (C=O) groups is 1. The molecule has 0 fully saturated rings. The number of nitrogens with zero attached hydrogens (tertiary/aromatic N) is 4. The molecule has 2 aromatic heterocycles. The van der Waals surface area contributed by atoms with Gasteiger partial charge in [0, 0.05) is 5.56 Å². The van der Waals surface area contributed by atoms with Crippen LogP contribution in [-0.2, 0) is 0 Å². The lowest BCUT2D eigenvalue weighted by atomic mass is 10.1. The summed E-state index contributed by atoms with van der Waals surface area (Å²) in [7, 11) is 3.13. The van der Waals surface area contributed by atoms with Crippen molar-refractivity contribution in [3.05, 3.63) is 77.2 Å². The molecule has 33 heavy (non-hydrogen) atoms. The van der Waals surface area contributed by atoms with Crippen molar-refractivity contribution in [2.24, 2.45) is 5.10 Å². The van der Waals surface area contributed by atoms with Crippen molar-refractivity contribution in [1.82, 2.24) is 25.4 Å². The fourth-order valence-electron chi connectivity index (χ4n) is 3.56. The summed E-state index contributed by atoms with van der Waals surface area (Å²) < 4.78 is 12.4. The lowest BCUT2D eigenvalue weighted by molar-refractivity contribution is 0.0950. The van der Waals surface area contributed by atoms with Crippen molar-refractivity contribution in [3.63, 3.8) is 0 Å². The number of nitrogens with one attached hydrogen (secondary N) is 2. The van der Waals surface area contributed by atoms with E-state index in [1.807, 2.05) is 48.9 Å². The van der Waals surface area contributed by atoms with Crippen molar-refractivity contribution in [3.8, 4) is 28.4 Å². The molecule has 168 valence electrons. The van der Waals surface area contributed by atoms with Crippen molar-refractivity contribution in [2.75, 3.05) is 14.2 Å². The Morgan fingerprint density at radius 2 is 1.82 bits per heavy atom. The Morgan fingerprint density at radius 1 is 1.06 bits per heavy atom. The zero-order valence-electron chi connectivity index (χ0n) is 18.8. The number of amides is 1. The summed E-state index contributed by atoms with van der Waals surface area (Å²) in [4.78, 5) is 12.5. The number of benzene rings is 2. The molecule has 0 aliphatic heterocycles. The number of aromatic nitrogens is 4. The smallest absolute Gasteiger partial charge is 0.289 e. The number of hydrogen-bond donors (Lipinski definition) is 2. The topological polar surface area (TPSA) is 106 Å². The Bertz CT molecular complexity index is 1310. The third-order valence-electron chi connectivity index (χ3n) is 5.16. The molecule has 4 rings (SSSR count). The number of hydrogen-bond acceptors (Lipinski definition) is 6. The Balaban J connectivity index is 1.49. The number of H-pyrrole nitrogens is 1. The van der Waals surface area contributed by atoms with Crippen LogP contribution in [0.3, 0.4) is 0 Å². The molecule has 2 N–H and O–H groups in total. The molecule has 0 aliphatic rings. The van der Waals surface area contributed by atoms with Gasteiger partial charge in [0.15, 0.2) is 11.5 Å². The quantitative estimate of drug-likeness (QED) is 0.334. The van der Waals surface area contributed by atoms with Gasteiger partial charge >= 0.3 is 0 Å². The first-order valence-electron chi connectivity index (χ1n) is 10.2. The molecule has 0 atom stereocenters. The number of carbonyl (C=O) groups excluding carboxylic acids is 1. The summed E-state index contributed by atoms with van der Waals surface area (Å²) in [5.74, 6) is 0.786. The normalized spacial score (nSPS) is 11.0. The van der Waals surface area contributed by atoms with Gasteiger partial charge in [-0.2, -0.15) is 15.3 Å². The van der Waals surface area contributed by atoms with Crippen LogP contribution >= 0.6 is 0 Å². The van der Waals surface area contributed by atoms with E-state index in [1.165, 1.54) is 6.21 Å². The minimum absolute atomic E-state index is 0.292. The minimum atomic E-state index is -0.406. The van der Waals surface area contributed by atoms with Gasteiger partial charge < -0.3 is 9.47 Å². The first kappa shape index (κ1) is 21.8. The maximum absolute atomic E-state index is 12.5. The van der Waals surface area contributed by atoms with E-state index in [4.69, 9.17) is 9.47 Å². The van der Waals surface area contributed by atoms with Gasteiger partial charge in [-0.3, -0.25) is 9.89 Å². The number of aryl methyl sites for hydroxylation is 1. The summed E-state index contributed by atoms with van der Waals surface area (Å²) in [6.07, 6.45) is 1.52. The lowest BCUT2D eigenvalue weighted by Crippen LogP contribution is -2.18. The standard InChI is InChI=1S/C24H24N6O3/c1-15-23(16(2)30(29-15)18-8-6-5-7-9-18)19-13-20(27-26-19)24(31)28-25-14-17-10-11-21(32-3)22(12-17)33-4/h5-14H,1-4H3,(H,26,27)(H,28,31)/b25-14+. The van der Waals surface area contributed by atoms with Gasteiger partial charge in [0.1, 0.15) is 5.69 Å². The van der Waals surface area contributed by atoms with E-state index >= 15 is 0 Å². The molecule has 0 unspecified atom stereocenters. The van der Waals surface area contributed by atoms with E-state index in [0.717, 1.165) is 28.2 Å². The lowest BCUT2D eigenvalue weighted by Gasteiger charge is -2.07. The monoisotopic (exact) mass is 444 g/mol. The van der Waals surface area contributed by atoms with Gasteiger partial charge in [0.2, 0.25) is 0 Å². The van der Waals surface area contributed by atoms with Gasteiger partial charge in [-0.05, 0) is 55.8 Å². The first-order chi connectivity index (χ1) is 16.0. The van der Waals surface area contributed by atoms with Gasteiger partial charge in [-0.1, -0.05) is 18.2 Å². The average Bonchev–Trinajstić information content (AvgIpc) is 3.43. The van der Waals surface area contributed by atoms with E-state index in [0.29, 0.717) is 22.9 Å². The van der Waals surface area contributed by atoms with Crippen LogP contribution in [0.15, 0.2) is 59.7 Å². The molecule has 9 nitrogen and oxygen atoms in total. The number of rotatable bonds is 7.